The second kappa shape index (κ2) is 4.94. The lowest BCUT2D eigenvalue weighted by atomic mass is 9.87. The van der Waals surface area contributed by atoms with E-state index in [9.17, 15) is 14.3 Å². The zero-order chi connectivity index (χ0) is 15.9. The first kappa shape index (κ1) is 14.3. The van der Waals surface area contributed by atoms with Gasteiger partial charge in [-0.15, -0.1) is 0 Å². The highest BCUT2D eigenvalue weighted by atomic mass is 19.1. The Hall–Kier alpha value is -2.69. The number of fused-ring (bicyclic) bond motifs is 1. The highest BCUT2D eigenvalue weighted by Gasteiger charge is 2.34. The molecule has 0 aliphatic carbocycles. The standard InChI is InChI=1S/C17H14FNO3/c1-17(2)14-9-11(10-3-6-12(18)7-4-10)5-8-13(14)15(16(20)21)19-22-17/h3-9H,1-2H3,(H,20,21). The van der Waals surface area contributed by atoms with Crippen molar-refractivity contribution in [3.05, 3.63) is 59.4 Å². The van der Waals surface area contributed by atoms with Crippen LogP contribution < -0.4 is 0 Å². The minimum Gasteiger partial charge on any atom is -0.476 e. The van der Waals surface area contributed by atoms with Crippen LogP contribution in [0.3, 0.4) is 0 Å². The van der Waals surface area contributed by atoms with Crippen molar-refractivity contribution >= 4 is 11.7 Å². The van der Waals surface area contributed by atoms with Crippen molar-refractivity contribution < 1.29 is 19.1 Å². The van der Waals surface area contributed by atoms with E-state index in [1.165, 1.54) is 12.1 Å². The third-order valence-electron chi connectivity index (χ3n) is 3.67. The van der Waals surface area contributed by atoms with E-state index in [1.54, 1.807) is 24.3 Å². The topological polar surface area (TPSA) is 58.9 Å². The highest BCUT2D eigenvalue weighted by Crippen LogP contribution is 2.35. The summed E-state index contributed by atoms with van der Waals surface area (Å²) in [6.45, 7) is 3.64. The molecule has 0 aromatic heterocycles. The number of oxime groups is 1. The van der Waals surface area contributed by atoms with Gasteiger partial charge in [0.2, 0.25) is 0 Å². The molecule has 4 nitrogen and oxygen atoms in total. The van der Waals surface area contributed by atoms with Crippen LogP contribution in [-0.2, 0) is 15.2 Å². The molecule has 0 bridgehead atoms. The highest BCUT2D eigenvalue weighted by molar-refractivity contribution is 6.43. The van der Waals surface area contributed by atoms with Crippen LogP contribution in [0.15, 0.2) is 47.6 Å². The number of hydrogen-bond donors (Lipinski definition) is 1. The van der Waals surface area contributed by atoms with Gasteiger partial charge in [-0.3, -0.25) is 0 Å². The zero-order valence-corrected chi connectivity index (χ0v) is 12.1. The molecule has 1 heterocycles. The number of carbonyl (C=O) groups is 1. The quantitative estimate of drug-likeness (QED) is 0.922. The summed E-state index contributed by atoms with van der Waals surface area (Å²) in [7, 11) is 0. The summed E-state index contributed by atoms with van der Waals surface area (Å²) in [5.41, 5.74) is 2.14. The first-order valence-electron chi connectivity index (χ1n) is 6.79. The molecule has 0 saturated heterocycles. The van der Waals surface area contributed by atoms with Crippen LogP contribution in [0.2, 0.25) is 0 Å². The minimum absolute atomic E-state index is 0.111. The van der Waals surface area contributed by atoms with Gasteiger partial charge in [0.1, 0.15) is 5.82 Å². The summed E-state index contributed by atoms with van der Waals surface area (Å²) in [5, 5.41) is 12.9. The van der Waals surface area contributed by atoms with Crippen molar-refractivity contribution in [3.63, 3.8) is 0 Å². The number of benzene rings is 2. The number of halogens is 1. The van der Waals surface area contributed by atoms with Gasteiger partial charge in [0.05, 0.1) is 0 Å². The summed E-state index contributed by atoms with van der Waals surface area (Å²) < 4.78 is 13.0. The van der Waals surface area contributed by atoms with Crippen molar-refractivity contribution in [2.24, 2.45) is 5.16 Å². The Morgan fingerprint density at radius 1 is 1.14 bits per heavy atom. The van der Waals surface area contributed by atoms with E-state index in [4.69, 9.17) is 4.84 Å². The van der Waals surface area contributed by atoms with Crippen molar-refractivity contribution in [3.8, 4) is 11.1 Å². The van der Waals surface area contributed by atoms with E-state index in [2.05, 4.69) is 5.16 Å². The fourth-order valence-electron chi connectivity index (χ4n) is 2.48. The number of rotatable bonds is 2. The minimum atomic E-state index is -1.13. The number of carboxylic acids is 1. The fourth-order valence-corrected chi connectivity index (χ4v) is 2.48. The molecule has 0 amide bonds. The number of carboxylic acid groups (broad SMARTS) is 1. The van der Waals surface area contributed by atoms with Gasteiger partial charge in [-0.2, -0.15) is 0 Å². The molecule has 2 aromatic rings. The lowest BCUT2D eigenvalue weighted by Crippen LogP contribution is -2.31. The molecule has 0 unspecified atom stereocenters. The van der Waals surface area contributed by atoms with E-state index in [0.717, 1.165) is 16.7 Å². The Labute approximate surface area is 126 Å². The molecule has 1 aliphatic heterocycles. The molecule has 3 rings (SSSR count). The second-order valence-electron chi connectivity index (χ2n) is 5.61. The van der Waals surface area contributed by atoms with Crippen molar-refractivity contribution in [1.29, 1.82) is 0 Å². The molecule has 1 N–H and O–H groups in total. The predicted molar refractivity (Wildman–Crippen MR) is 80.1 cm³/mol. The third-order valence-corrected chi connectivity index (χ3v) is 3.67. The summed E-state index contributed by atoms with van der Waals surface area (Å²) in [6, 6.07) is 11.5. The van der Waals surface area contributed by atoms with Gasteiger partial charge < -0.3 is 9.94 Å². The average Bonchev–Trinajstić information content (AvgIpc) is 2.47. The molecule has 0 saturated carbocycles. The van der Waals surface area contributed by atoms with E-state index in [-0.39, 0.29) is 11.5 Å². The molecular weight excluding hydrogens is 285 g/mol. The molecule has 2 aromatic carbocycles. The molecule has 1 aliphatic rings. The van der Waals surface area contributed by atoms with Crippen LogP contribution >= 0.6 is 0 Å². The summed E-state index contributed by atoms with van der Waals surface area (Å²) >= 11 is 0. The Morgan fingerprint density at radius 2 is 1.77 bits per heavy atom. The largest absolute Gasteiger partial charge is 0.476 e. The van der Waals surface area contributed by atoms with Gasteiger partial charge in [-0.05, 0) is 43.2 Å². The summed E-state index contributed by atoms with van der Waals surface area (Å²) in [5.74, 6) is -1.43. The summed E-state index contributed by atoms with van der Waals surface area (Å²) in [6.07, 6.45) is 0. The summed E-state index contributed by atoms with van der Waals surface area (Å²) in [4.78, 5) is 16.6. The first-order valence-corrected chi connectivity index (χ1v) is 6.79. The number of aliphatic carboxylic acids is 1. The van der Waals surface area contributed by atoms with Crippen LogP contribution in [0.4, 0.5) is 4.39 Å². The monoisotopic (exact) mass is 299 g/mol. The van der Waals surface area contributed by atoms with Crippen LogP contribution in [-0.4, -0.2) is 16.8 Å². The van der Waals surface area contributed by atoms with Crippen molar-refractivity contribution in [1.82, 2.24) is 0 Å². The lowest BCUT2D eigenvalue weighted by Gasteiger charge is -2.29. The Bertz CT molecular complexity index is 779. The Kier molecular flexibility index (Phi) is 3.20. The molecule has 0 fully saturated rings. The van der Waals surface area contributed by atoms with Crippen molar-refractivity contribution in [2.45, 2.75) is 19.4 Å². The van der Waals surface area contributed by atoms with E-state index >= 15 is 0 Å². The molecule has 112 valence electrons. The maximum atomic E-state index is 13.0. The molecule has 22 heavy (non-hydrogen) atoms. The maximum absolute atomic E-state index is 13.0. The molecule has 0 radical (unpaired) electrons. The Balaban J connectivity index is 2.14. The van der Waals surface area contributed by atoms with Gasteiger partial charge in [0, 0.05) is 11.1 Å². The van der Waals surface area contributed by atoms with E-state index < -0.39 is 11.6 Å². The van der Waals surface area contributed by atoms with Crippen LogP contribution in [0.1, 0.15) is 25.0 Å². The van der Waals surface area contributed by atoms with Crippen LogP contribution in [0.25, 0.3) is 11.1 Å². The SMILES string of the molecule is CC1(C)ON=C(C(=O)O)c2ccc(-c3ccc(F)cc3)cc21. The second-order valence-corrected chi connectivity index (χ2v) is 5.61. The van der Waals surface area contributed by atoms with Crippen molar-refractivity contribution in [2.75, 3.05) is 0 Å². The number of hydrogen-bond acceptors (Lipinski definition) is 3. The Morgan fingerprint density at radius 3 is 2.41 bits per heavy atom. The number of nitrogens with zero attached hydrogens (tertiary/aromatic N) is 1. The van der Waals surface area contributed by atoms with E-state index in [0.29, 0.717) is 5.56 Å². The van der Waals surface area contributed by atoms with Crippen LogP contribution in [0.5, 0.6) is 0 Å². The normalized spacial score (nSPS) is 15.5. The van der Waals surface area contributed by atoms with Gasteiger partial charge in [0.15, 0.2) is 11.3 Å². The van der Waals surface area contributed by atoms with Crippen LogP contribution in [0, 0.1) is 5.82 Å². The molecule has 0 spiro atoms. The maximum Gasteiger partial charge on any atom is 0.358 e. The smallest absolute Gasteiger partial charge is 0.358 e. The predicted octanol–water partition coefficient (Wildman–Crippen LogP) is 3.55. The molecular formula is C17H14FNO3. The fraction of sp³-hybridized carbons (Fsp3) is 0.176. The average molecular weight is 299 g/mol. The van der Waals surface area contributed by atoms with Gasteiger partial charge >= 0.3 is 5.97 Å². The van der Waals surface area contributed by atoms with Gasteiger partial charge in [-0.25, -0.2) is 9.18 Å². The first-order chi connectivity index (χ1) is 10.4. The van der Waals surface area contributed by atoms with Gasteiger partial charge in [-0.1, -0.05) is 29.4 Å². The zero-order valence-electron chi connectivity index (χ0n) is 12.1. The van der Waals surface area contributed by atoms with E-state index in [1.807, 2.05) is 19.9 Å². The van der Waals surface area contributed by atoms with Gasteiger partial charge in [0.25, 0.3) is 0 Å². The third kappa shape index (κ3) is 2.35. The molecule has 0 atom stereocenters. The molecule has 5 heteroatoms. The lowest BCUT2D eigenvalue weighted by molar-refractivity contribution is -0.129.